The second kappa shape index (κ2) is 6.61. The third-order valence-electron chi connectivity index (χ3n) is 2.83. The summed E-state index contributed by atoms with van der Waals surface area (Å²) in [6.07, 6.45) is 2.30. The summed E-state index contributed by atoms with van der Waals surface area (Å²) in [5.41, 5.74) is 0.842. The molecule has 2 N–H and O–H groups in total. The number of halogens is 1. The lowest BCUT2D eigenvalue weighted by Crippen LogP contribution is -2.35. The van der Waals surface area contributed by atoms with E-state index in [4.69, 9.17) is 16.3 Å². The predicted octanol–water partition coefficient (Wildman–Crippen LogP) is 2.05. The maximum absolute atomic E-state index is 11.6. The number of rotatable bonds is 5. The zero-order valence-corrected chi connectivity index (χ0v) is 10.9. The maximum Gasteiger partial charge on any atom is 0.239 e. The van der Waals surface area contributed by atoms with Gasteiger partial charge in [0.25, 0.3) is 0 Å². The predicted molar refractivity (Wildman–Crippen MR) is 71.9 cm³/mol. The molecule has 1 heterocycles. The molecule has 1 aromatic carbocycles. The van der Waals surface area contributed by atoms with Crippen LogP contribution in [0.25, 0.3) is 0 Å². The van der Waals surface area contributed by atoms with Gasteiger partial charge in [0, 0.05) is 23.9 Å². The van der Waals surface area contributed by atoms with Gasteiger partial charge in [0.2, 0.25) is 5.91 Å². The van der Waals surface area contributed by atoms with Crippen LogP contribution in [-0.2, 0) is 9.53 Å². The van der Waals surface area contributed by atoms with Crippen LogP contribution in [0.2, 0.25) is 5.02 Å². The van der Waals surface area contributed by atoms with Crippen LogP contribution in [0.15, 0.2) is 24.3 Å². The summed E-state index contributed by atoms with van der Waals surface area (Å²) in [6, 6.07) is 7.30. The van der Waals surface area contributed by atoms with Crippen LogP contribution in [0, 0.1) is 0 Å². The standard InChI is InChI=1S/C13H17ClN2O2/c14-10-3-1-4-11(7-10)15-9-13(17)16-8-12-5-2-6-18-12/h1,3-4,7,12,15H,2,5-6,8-9H2,(H,16,17). The number of hydrogen-bond donors (Lipinski definition) is 2. The molecule has 0 spiro atoms. The Hall–Kier alpha value is -1.26. The number of hydrogen-bond acceptors (Lipinski definition) is 3. The Kier molecular flexibility index (Phi) is 4.84. The second-order valence-electron chi connectivity index (χ2n) is 4.30. The van der Waals surface area contributed by atoms with E-state index in [0.717, 1.165) is 25.1 Å². The Bertz CT molecular complexity index is 406. The van der Waals surface area contributed by atoms with Crippen LogP contribution in [0.1, 0.15) is 12.8 Å². The molecule has 2 rings (SSSR count). The summed E-state index contributed by atoms with van der Waals surface area (Å²) in [7, 11) is 0. The first-order valence-corrected chi connectivity index (χ1v) is 6.49. The van der Waals surface area contributed by atoms with E-state index in [0.29, 0.717) is 11.6 Å². The molecular weight excluding hydrogens is 252 g/mol. The first kappa shape index (κ1) is 13.2. The maximum atomic E-state index is 11.6. The van der Waals surface area contributed by atoms with E-state index in [2.05, 4.69) is 10.6 Å². The molecule has 98 valence electrons. The Morgan fingerprint density at radius 2 is 2.39 bits per heavy atom. The van der Waals surface area contributed by atoms with Crippen molar-refractivity contribution in [1.82, 2.24) is 5.32 Å². The fraction of sp³-hybridized carbons (Fsp3) is 0.462. The highest BCUT2D eigenvalue weighted by Crippen LogP contribution is 2.14. The summed E-state index contributed by atoms with van der Waals surface area (Å²) >= 11 is 5.85. The second-order valence-corrected chi connectivity index (χ2v) is 4.74. The number of amides is 1. The van der Waals surface area contributed by atoms with Gasteiger partial charge in [-0.3, -0.25) is 4.79 Å². The Morgan fingerprint density at radius 1 is 1.50 bits per heavy atom. The van der Waals surface area contributed by atoms with E-state index in [1.165, 1.54) is 0 Å². The topological polar surface area (TPSA) is 50.4 Å². The molecule has 1 amide bonds. The van der Waals surface area contributed by atoms with E-state index >= 15 is 0 Å². The first-order chi connectivity index (χ1) is 8.74. The highest BCUT2D eigenvalue weighted by molar-refractivity contribution is 6.30. The zero-order valence-electron chi connectivity index (χ0n) is 10.1. The summed E-state index contributed by atoms with van der Waals surface area (Å²) < 4.78 is 5.43. The highest BCUT2D eigenvalue weighted by atomic mass is 35.5. The quantitative estimate of drug-likeness (QED) is 0.859. The van der Waals surface area contributed by atoms with Gasteiger partial charge in [-0.1, -0.05) is 17.7 Å². The minimum atomic E-state index is -0.0366. The van der Waals surface area contributed by atoms with Crippen molar-refractivity contribution in [3.8, 4) is 0 Å². The van der Waals surface area contributed by atoms with Crippen molar-refractivity contribution >= 4 is 23.2 Å². The molecule has 0 radical (unpaired) electrons. The van der Waals surface area contributed by atoms with Crippen molar-refractivity contribution in [3.05, 3.63) is 29.3 Å². The lowest BCUT2D eigenvalue weighted by Gasteiger charge is -2.11. The van der Waals surface area contributed by atoms with Crippen molar-refractivity contribution < 1.29 is 9.53 Å². The van der Waals surface area contributed by atoms with Crippen LogP contribution in [-0.4, -0.2) is 31.7 Å². The first-order valence-electron chi connectivity index (χ1n) is 6.12. The molecule has 1 aromatic rings. The molecule has 0 aliphatic carbocycles. The zero-order chi connectivity index (χ0) is 12.8. The molecule has 0 bridgehead atoms. The van der Waals surface area contributed by atoms with Crippen LogP contribution in [0.4, 0.5) is 5.69 Å². The lowest BCUT2D eigenvalue weighted by molar-refractivity contribution is -0.119. The molecule has 1 unspecified atom stereocenters. The Balaban J connectivity index is 1.68. The molecule has 18 heavy (non-hydrogen) atoms. The number of carbonyl (C=O) groups is 1. The van der Waals surface area contributed by atoms with Crippen molar-refractivity contribution in [2.24, 2.45) is 0 Å². The highest BCUT2D eigenvalue weighted by Gasteiger charge is 2.15. The van der Waals surface area contributed by atoms with Crippen LogP contribution in [0.5, 0.6) is 0 Å². The molecule has 1 aliphatic rings. The van der Waals surface area contributed by atoms with Crippen molar-refractivity contribution in [2.75, 3.05) is 25.0 Å². The minimum absolute atomic E-state index is 0.0366. The number of nitrogens with one attached hydrogen (secondary N) is 2. The van der Waals surface area contributed by atoms with Gasteiger partial charge in [-0.25, -0.2) is 0 Å². The van der Waals surface area contributed by atoms with E-state index in [1.807, 2.05) is 12.1 Å². The van der Waals surface area contributed by atoms with Crippen LogP contribution >= 0.6 is 11.6 Å². The SMILES string of the molecule is O=C(CNc1cccc(Cl)c1)NCC1CCCO1. The van der Waals surface area contributed by atoms with Crippen molar-refractivity contribution in [1.29, 1.82) is 0 Å². The summed E-state index contributed by atoms with van der Waals surface area (Å²) in [4.78, 5) is 11.6. The number of benzene rings is 1. The number of carbonyl (C=O) groups excluding carboxylic acids is 1. The largest absolute Gasteiger partial charge is 0.376 e. The van der Waals surface area contributed by atoms with Crippen molar-refractivity contribution in [3.63, 3.8) is 0 Å². The van der Waals surface area contributed by atoms with Gasteiger partial charge in [-0.05, 0) is 31.0 Å². The summed E-state index contributed by atoms with van der Waals surface area (Å²) in [5, 5.41) is 6.53. The molecular formula is C13H17ClN2O2. The van der Waals surface area contributed by atoms with E-state index in [1.54, 1.807) is 12.1 Å². The molecule has 1 fully saturated rings. The molecule has 1 atom stereocenters. The number of anilines is 1. The van der Waals surface area contributed by atoms with E-state index < -0.39 is 0 Å². The van der Waals surface area contributed by atoms with Gasteiger partial charge in [0.05, 0.1) is 12.6 Å². The molecule has 1 saturated heterocycles. The van der Waals surface area contributed by atoms with Gasteiger partial charge >= 0.3 is 0 Å². The van der Waals surface area contributed by atoms with Crippen LogP contribution < -0.4 is 10.6 Å². The van der Waals surface area contributed by atoms with Crippen LogP contribution in [0.3, 0.4) is 0 Å². The fourth-order valence-corrected chi connectivity index (χ4v) is 2.07. The summed E-state index contributed by atoms with van der Waals surface area (Å²) in [6.45, 7) is 1.64. The van der Waals surface area contributed by atoms with Gasteiger partial charge in [-0.15, -0.1) is 0 Å². The number of ether oxygens (including phenoxy) is 1. The average Bonchev–Trinajstić information content (AvgIpc) is 2.87. The van der Waals surface area contributed by atoms with Gasteiger partial charge < -0.3 is 15.4 Å². The molecule has 4 nitrogen and oxygen atoms in total. The third kappa shape index (κ3) is 4.20. The molecule has 0 aromatic heterocycles. The molecule has 1 aliphatic heterocycles. The minimum Gasteiger partial charge on any atom is -0.376 e. The monoisotopic (exact) mass is 268 g/mol. The fourth-order valence-electron chi connectivity index (χ4n) is 1.88. The smallest absolute Gasteiger partial charge is 0.239 e. The van der Waals surface area contributed by atoms with Gasteiger partial charge in [0.1, 0.15) is 0 Å². The van der Waals surface area contributed by atoms with E-state index in [9.17, 15) is 4.79 Å². The van der Waals surface area contributed by atoms with E-state index in [-0.39, 0.29) is 18.6 Å². The lowest BCUT2D eigenvalue weighted by atomic mass is 10.2. The normalized spacial score (nSPS) is 18.6. The summed E-state index contributed by atoms with van der Waals surface area (Å²) in [5.74, 6) is -0.0366. The Morgan fingerprint density at radius 3 is 3.11 bits per heavy atom. The van der Waals surface area contributed by atoms with Gasteiger partial charge in [-0.2, -0.15) is 0 Å². The Labute approximate surface area is 112 Å². The molecule has 0 saturated carbocycles. The van der Waals surface area contributed by atoms with Crippen molar-refractivity contribution in [2.45, 2.75) is 18.9 Å². The molecule has 5 heteroatoms. The third-order valence-corrected chi connectivity index (χ3v) is 3.06. The average molecular weight is 269 g/mol. The van der Waals surface area contributed by atoms with Gasteiger partial charge in [0.15, 0.2) is 0 Å².